The Bertz CT molecular complexity index is 130. The second-order valence-electron chi connectivity index (χ2n) is 0.770. The largest absolute Gasteiger partial charge is 0.351 e. The van der Waals surface area contributed by atoms with Crippen LogP contribution in [0.25, 0.3) is 0 Å². The zero-order chi connectivity index (χ0) is 5.86. The molecule has 1 atom stereocenters. The van der Waals surface area contributed by atoms with E-state index in [2.05, 4.69) is 5.73 Å². The zero-order valence-corrected chi connectivity index (χ0v) is 4.24. The molecule has 0 radical (unpaired) electrons. The summed E-state index contributed by atoms with van der Waals surface area (Å²) in [5.41, 5.74) is 4.44. The standard InChI is InChI=1S/CH5N3O2S/c2-1(5)4-7(3)6/h7H,(H4,2,3,4,5,6). The van der Waals surface area contributed by atoms with Crippen LogP contribution < -0.4 is 10.5 Å². The van der Waals surface area contributed by atoms with E-state index in [1.165, 1.54) is 0 Å². The summed E-state index contributed by atoms with van der Waals surface area (Å²) in [5.74, 6) is 0. The number of primary amides is 1. The number of hydrogen-bond acceptors (Lipinski definition) is 3. The van der Waals surface area contributed by atoms with Crippen molar-refractivity contribution in [2.24, 2.45) is 5.73 Å². The number of nitrogens with one attached hydrogen (secondary N) is 2. The first-order valence-electron chi connectivity index (χ1n) is 1.37. The maximum absolute atomic E-state index is 9.66. The van der Waals surface area contributed by atoms with Crippen LogP contribution in [-0.2, 0) is 10.8 Å². The minimum atomic E-state index is -2.36. The van der Waals surface area contributed by atoms with Gasteiger partial charge in [0.05, 0.1) is 0 Å². The van der Waals surface area contributed by atoms with Gasteiger partial charge in [-0.25, -0.2) is 13.8 Å². The number of rotatable bonds is 1. The summed E-state index contributed by atoms with van der Waals surface area (Å²) in [4.78, 5) is 9.62. The highest BCUT2D eigenvalue weighted by atomic mass is 32.2. The van der Waals surface area contributed by atoms with Crippen LogP contribution in [0.5, 0.6) is 0 Å². The van der Waals surface area contributed by atoms with Crippen molar-refractivity contribution in [3.63, 3.8) is 0 Å². The predicted molar refractivity (Wildman–Crippen MR) is 25.0 cm³/mol. The van der Waals surface area contributed by atoms with Crippen LogP contribution in [0.4, 0.5) is 4.79 Å². The van der Waals surface area contributed by atoms with Gasteiger partial charge >= 0.3 is 6.03 Å². The normalized spacial score (nSPS) is 12.6. The Morgan fingerprint density at radius 1 is 1.86 bits per heavy atom. The maximum atomic E-state index is 9.66. The summed E-state index contributed by atoms with van der Waals surface area (Å²) in [7, 11) is -2.36. The molecule has 42 valence electrons. The molecule has 0 aliphatic carbocycles. The Balaban J connectivity index is 3.53. The molecule has 0 heterocycles. The molecule has 1 unspecified atom stereocenters. The molecule has 0 bridgehead atoms. The first kappa shape index (κ1) is 6.22. The lowest BCUT2D eigenvalue weighted by Gasteiger charge is -1.84. The fourth-order valence-corrected chi connectivity index (χ4v) is 0.300. The lowest BCUT2D eigenvalue weighted by molar-refractivity contribution is 0.254. The fraction of sp³-hybridized carbons (Fsp3) is 0. The Labute approximate surface area is 42.0 Å². The molecule has 0 spiro atoms. The topological polar surface area (TPSA) is 96.0 Å². The van der Waals surface area contributed by atoms with Gasteiger partial charge in [0.2, 0.25) is 0 Å². The van der Waals surface area contributed by atoms with Crippen molar-refractivity contribution < 1.29 is 9.00 Å². The second kappa shape index (κ2) is 2.40. The lowest BCUT2D eigenvalue weighted by atomic mass is 11.2. The van der Waals surface area contributed by atoms with Crippen LogP contribution in [0.1, 0.15) is 0 Å². The van der Waals surface area contributed by atoms with Gasteiger partial charge in [0.1, 0.15) is 10.8 Å². The number of hydrogen-bond donors (Lipinski definition) is 4. The van der Waals surface area contributed by atoms with Gasteiger partial charge < -0.3 is 5.73 Å². The first-order chi connectivity index (χ1) is 3.13. The van der Waals surface area contributed by atoms with Gasteiger partial charge in [-0.3, -0.25) is 4.72 Å². The molecule has 0 aromatic rings. The summed E-state index contributed by atoms with van der Waals surface area (Å²) < 4.78 is 17.5. The third-order valence-corrected chi connectivity index (χ3v) is 0.635. The van der Waals surface area contributed by atoms with Gasteiger partial charge in [0.25, 0.3) is 0 Å². The van der Waals surface area contributed by atoms with Crippen LogP contribution in [0, 0.1) is 4.78 Å². The first-order valence-corrected chi connectivity index (χ1v) is 2.63. The van der Waals surface area contributed by atoms with Crippen molar-refractivity contribution in [3.8, 4) is 0 Å². The van der Waals surface area contributed by atoms with E-state index < -0.39 is 16.8 Å². The van der Waals surface area contributed by atoms with E-state index in [1.807, 2.05) is 0 Å². The number of carbonyl (C=O) groups excluding carboxylic acids is 1. The highest BCUT2D eigenvalue weighted by molar-refractivity contribution is 7.72. The highest BCUT2D eigenvalue weighted by Crippen LogP contribution is 1.51. The van der Waals surface area contributed by atoms with Crippen LogP contribution in [0.15, 0.2) is 0 Å². The number of thiol groups is 1. The van der Waals surface area contributed by atoms with E-state index in [-0.39, 0.29) is 0 Å². The predicted octanol–water partition coefficient (Wildman–Crippen LogP) is -1.19. The van der Waals surface area contributed by atoms with Crippen LogP contribution in [0.3, 0.4) is 0 Å². The van der Waals surface area contributed by atoms with E-state index in [1.54, 1.807) is 4.72 Å². The van der Waals surface area contributed by atoms with Crippen molar-refractivity contribution in [1.29, 1.82) is 4.78 Å². The van der Waals surface area contributed by atoms with E-state index in [4.69, 9.17) is 4.78 Å². The van der Waals surface area contributed by atoms with Crippen LogP contribution >= 0.6 is 0 Å². The minimum Gasteiger partial charge on any atom is -0.351 e. The molecule has 0 rings (SSSR count). The third-order valence-electron chi connectivity index (χ3n) is 0.212. The van der Waals surface area contributed by atoms with Gasteiger partial charge in [-0.2, -0.15) is 0 Å². The molecule has 0 aromatic heterocycles. The van der Waals surface area contributed by atoms with E-state index in [9.17, 15) is 9.00 Å². The molecule has 0 aromatic carbocycles. The Morgan fingerprint density at radius 3 is 2.29 bits per heavy atom. The molecule has 0 aliphatic heterocycles. The number of nitrogens with two attached hydrogens (primary N) is 1. The maximum Gasteiger partial charge on any atom is 0.324 e. The van der Waals surface area contributed by atoms with Crippen molar-refractivity contribution in [1.82, 2.24) is 4.72 Å². The number of urea groups is 1. The van der Waals surface area contributed by atoms with E-state index in [0.717, 1.165) is 0 Å². The fourth-order valence-electron chi connectivity index (χ4n) is 0.100. The van der Waals surface area contributed by atoms with Gasteiger partial charge in [-0.15, -0.1) is 0 Å². The Kier molecular flexibility index (Phi) is 2.14. The average Bonchev–Trinajstić information content (AvgIpc) is 1.27. The summed E-state index contributed by atoms with van der Waals surface area (Å²) in [6.45, 7) is 0. The highest BCUT2D eigenvalue weighted by Gasteiger charge is 1.83. The molecule has 6 heteroatoms. The van der Waals surface area contributed by atoms with E-state index >= 15 is 0 Å². The Hall–Kier alpha value is -0.780. The quantitative estimate of drug-likeness (QED) is 0.330. The van der Waals surface area contributed by atoms with Crippen molar-refractivity contribution in [3.05, 3.63) is 0 Å². The van der Waals surface area contributed by atoms with Crippen molar-refractivity contribution in [2.45, 2.75) is 0 Å². The minimum absolute atomic E-state index is 0.934. The van der Waals surface area contributed by atoms with Crippen LogP contribution in [0.2, 0.25) is 0 Å². The van der Waals surface area contributed by atoms with Gasteiger partial charge in [0.15, 0.2) is 0 Å². The van der Waals surface area contributed by atoms with Crippen molar-refractivity contribution >= 4 is 16.8 Å². The smallest absolute Gasteiger partial charge is 0.324 e. The second-order valence-corrected chi connectivity index (χ2v) is 1.58. The summed E-state index contributed by atoms with van der Waals surface area (Å²) in [6, 6.07) is -0.934. The lowest BCUT2D eigenvalue weighted by Crippen LogP contribution is -2.26. The number of carbonyl (C=O) groups is 1. The molecule has 5 nitrogen and oxygen atoms in total. The van der Waals surface area contributed by atoms with Gasteiger partial charge in [0, 0.05) is 0 Å². The van der Waals surface area contributed by atoms with Gasteiger partial charge in [-0.1, -0.05) is 0 Å². The molecule has 4 N–H and O–H groups in total. The molecule has 0 fully saturated rings. The monoisotopic (exact) mass is 123 g/mol. The molecule has 7 heavy (non-hydrogen) atoms. The summed E-state index contributed by atoms with van der Waals surface area (Å²) in [5, 5.41) is 0. The summed E-state index contributed by atoms with van der Waals surface area (Å²) in [6.07, 6.45) is 0. The average molecular weight is 123 g/mol. The summed E-state index contributed by atoms with van der Waals surface area (Å²) >= 11 is 0. The van der Waals surface area contributed by atoms with Gasteiger partial charge in [-0.05, 0) is 0 Å². The van der Waals surface area contributed by atoms with Crippen molar-refractivity contribution in [2.75, 3.05) is 0 Å². The molecule has 0 aliphatic rings. The van der Waals surface area contributed by atoms with Crippen LogP contribution in [-0.4, -0.2) is 10.2 Å². The SMILES string of the molecule is N=[SH](=O)NC(N)=O. The molecular formula is CH5N3O2S. The molecular weight excluding hydrogens is 118 g/mol. The number of amides is 2. The van der Waals surface area contributed by atoms with E-state index in [0.29, 0.717) is 0 Å². The molecule has 2 amide bonds. The zero-order valence-electron chi connectivity index (χ0n) is 3.34. The molecule has 0 saturated heterocycles. The Morgan fingerprint density at radius 2 is 2.29 bits per heavy atom. The molecule has 0 saturated carbocycles. The third kappa shape index (κ3) is 5.22.